The lowest BCUT2D eigenvalue weighted by Crippen LogP contribution is -2.28. The number of nitrogens with zero attached hydrogens (tertiary/aromatic N) is 1. The molecule has 0 aromatic carbocycles. The third-order valence-corrected chi connectivity index (χ3v) is 2.08. The topological polar surface area (TPSA) is 54.0 Å². The number of pyridine rings is 1. The van der Waals surface area contributed by atoms with E-state index >= 15 is 0 Å². The van der Waals surface area contributed by atoms with Gasteiger partial charge >= 0.3 is 0 Å². The Morgan fingerprint density at radius 1 is 1.50 bits per heavy atom. The molecule has 1 amide bonds. The third-order valence-electron chi connectivity index (χ3n) is 2.08. The van der Waals surface area contributed by atoms with Crippen LogP contribution in [-0.4, -0.2) is 30.5 Å². The monoisotopic (exact) mass is 225 g/mol. The van der Waals surface area contributed by atoms with Crippen LogP contribution in [0.1, 0.15) is 23.7 Å². The maximum absolute atomic E-state index is 13.1. The van der Waals surface area contributed by atoms with Gasteiger partial charge < -0.3 is 10.6 Å². The molecule has 1 heterocycles. The van der Waals surface area contributed by atoms with Crippen molar-refractivity contribution in [3.8, 4) is 0 Å². The first-order valence-corrected chi connectivity index (χ1v) is 5.34. The van der Waals surface area contributed by atoms with Crippen LogP contribution in [0.2, 0.25) is 0 Å². The molecular formula is C11H16FN3O. The van der Waals surface area contributed by atoms with Crippen LogP contribution in [0.25, 0.3) is 0 Å². The molecule has 1 aromatic rings. The van der Waals surface area contributed by atoms with Crippen LogP contribution in [0.4, 0.5) is 4.39 Å². The highest BCUT2D eigenvalue weighted by molar-refractivity contribution is 5.94. The molecule has 0 atom stereocenters. The molecule has 2 N–H and O–H groups in total. The van der Waals surface area contributed by atoms with E-state index in [1.165, 1.54) is 12.3 Å². The van der Waals surface area contributed by atoms with E-state index in [1.54, 1.807) is 0 Å². The number of amides is 1. The van der Waals surface area contributed by atoms with Gasteiger partial charge in [0, 0.05) is 12.7 Å². The van der Waals surface area contributed by atoms with Crippen LogP contribution in [0, 0.1) is 5.82 Å². The smallest absolute Gasteiger partial charge is 0.254 e. The van der Waals surface area contributed by atoms with E-state index in [1.807, 2.05) is 6.92 Å². The van der Waals surface area contributed by atoms with Crippen molar-refractivity contribution < 1.29 is 9.18 Å². The summed E-state index contributed by atoms with van der Waals surface area (Å²) < 4.78 is 13.1. The van der Waals surface area contributed by atoms with Crippen LogP contribution in [0.3, 0.4) is 0 Å². The number of halogens is 1. The minimum Gasteiger partial charge on any atom is -0.352 e. The van der Waals surface area contributed by atoms with E-state index in [2.05, 4.69) is 15.6 Å². The zero-order chi connectivity index (χ0) is 11.8. The van der Waals surface area contributed by atoms with Crippen molar-refractivity contribution in [3.05, 3.63) is 29.8 Å². The molecule has 4 nitrogen and oxygen atoms in total. The SMILES string of the molecule is CCNCCCNC(=O)c1ccncc1F. The fraction of sp³-hybridized carbons (Fsp3) is 0.455. The molecular weight excluding hydrogens is 209 g/mol. The Morgan fingerprint density at radius 3 is 3.00 bits per heavy atom. The molecule has 1 rings (SSSR count). The van der Waals surface area contributed by atoms with E-state index in [9.17, 15) is 9.18 Å². The summed E-state index contributed by atoms with van der Waals surface area (Å²) in [6.45, 7) is 4.31. The van der Waals surface area contributed by atoms with Crippen molar-refractivity contribution in [2.45, 2.75) is 13.3 Å². The molecule has 0 fully saturated rings. The lowest BCUT2D eigenvalue weighted by atomic mass is 10.2. The van der Waals surface area contributed by atoms with Crippen molar-refractivity contribution in [1.82, 2.24) is 15.6 Å². The average Bonchev–Trinajstić information content (AvgIpc) is 2.29. The normalized spacial score (nSPS) is 10.1. The minimum atomic E-state index is -0.591. The number of carbonyl (C=O) groups excluding carboxylic acids is 1. The average molecular weight is 225 g/mol. The van der Waals surface area contributed by atoms with Gasteiger partial charge in [0.1, 0.15) is 0 Å². The van der Waals surface area contributed by atoms with E-state index in [0.717, 1.165) is 25.7 Å². The van der Waals surface area contributed by atoms with Gasteiger partial charge in [-0.15, -0.1) is 0 Å². The Balaban J connectivity index is 2.33. The lowest BCUT2D eigenvalue weighted by Gasteiger charge is -2.05. The molecule has 16 heavy (non-hydrogen) atoms. The lowest BCUT2D eigenvalue weighted by molar-refractivity contribution is 0.0949. The van der Waals surface area contributed by atoms with Gasteiger partial charge in [-0.3, -0.25) is 9.78 Å². The molecule has 0 saturated carbocycles. The molecule has 0 aliphatic carbocycles. The van der Waals surface area contributed by atoms with E-state index < -0.39 is 11.7 Å². The maximum Gasteiger partial charge on any atom is 0.254 e. The Morgan fingerprint density at radius 2 is 2.31 bits per heavy atom. The second-order valence-electron chi connectivity index (χ2n) is 3.32. The van der Waals surface area contributed by atoms with Crippen LogP contribution in [0.15, 0.2) is 18.5 Å². The largest absolute Gasteiger partial charge is 0.352 e. The molecule has 5 heteroatoms. The second-order valence-corrected chi connectivity index (χ2v) is 3.32. The quantitative estimate of drug-likeness (QED) is 0.709. The van der Waals surface area contributed by atoms with Crippen LogP contribution >= 0.6 is 0 Å². The van der Waals surface area contributed by atoms with E-state index in [0.29, 0.717) is 6.54 Å². The van der Waals surface area contributed by atoms with Gasteiger partial charge in [0.25, 0.3) is 5.91 Å². The summed E-state index contributed by atoms with van der Waals surface area (Å²) in [6.07, 6.45) is 3.26. The van der Waals surface area contributed by atoms with Gasteiger partial charge in [0.2, 0.25) is 0 Å². The third kappa shape index (κ3) is 3.94. The van der Waals surface area contributed by atoms with Crippen LogP contribution in [-0.2, 0) is 0 Å². The summed E-state index contributed by atoms with van der Waals surface area (Å²) in [7, 11) is 0. The van der Waals surface area contributed by atoms with Gasteiger partial charge in [-0.05, 0) is 25.6 Å². The summed E-state index contributed by atoms with van der Waals surface area (Å²) in [4.78, 5) is 15.1. The Hall–Kier alpha value is -1.49. The second kappa shape index (κ2) is 6.90. The predicted molar refractivity (Wildman–Crippen MR) is 59.7 cm³/mol. The molecule has 88 valence electrons. The fourth-order valence-corrected chi connectivity index (χ4v) is 1.25. The van der Waals surface area contributed by atoms with Gasteiger partial charge in [-0.2, -0.15) is 0 Å². The summed E-state index contributed by atoms with van der Waals surface area (Å²) >= 11 is 0. The zero-order valence-electron chi connectivity index (χ0n) is 9.29. The van der Waals surface area contributed by atoms with E-state index in [4.69, 9.17) is 0 Å². The molecule has 0 bridgehead atoms. The number of nitrogens with one attached hydrogen (secondary N) is 2. The number of rotatable bonds is 6. The highest BCUT2D eigenvalue weighted by Crippen LogP contribution is 2.03. The van der Waals surface area contributed by atoms with Crippen LogP contribution in [0.5, 0.6) is 0 Å². The number of aromatic nitrogens is 1. The predicted octanol–water partition coefficient (Wildman–Crippen LogP) is 0.950. The van der Waals surface area contributed by atoms with Gasteiger partial charge in [-0.1, -0.05) is 6.92 Å². The maximum atomic E-state index is 13.1. The standard InChI is InChI=1S/C11H16FN3O/c1-2-13-5-3-6-15-11(16)9-4-7-14-8-10(9)12/h4,7-8,13H,2-3,5-6H2,1H3,(H,15,16). The Kier molecular flexibility index (Phi) is 5.42. The van der Waals surface area contributed by atoms with Crippen molar-refractivity contribution >= 4 is 5.91 Å². The molecule has 0 aliphatic heterocycles. The number of hydrogen-bond acceptors (Lipinski definition) is 3. The van der Waals surface area contributed by atoms with E-state index in [-0.39, 0.29) is 5.56 Å². The summed E-state index contributed by atoms with van der Waals surface area (Å²) in [6, 6.07) is 1.37. The first-order chi connectivity index (χ1) is 7.75. The molecule has 0 aliphatic rings. The Labute approximate surface area is 94.3 Å². The van der Waals surface area contributed by atoms with Crippen molar-refractivity contribution in [1.29, 1.82) is 0 Å². The zero-order valence-corrected chi connectivity index (χ0v) is 9.29. The first kappa shape index (κ1) is 12.6. The Bertz CT molecular complexity index is 344. The molecule has 0 unspecified atom stereocenters. The molecule has 1 aromatic heterocycles. The number of carbonyl (C=O) groups is 1. The first-order valence-electron chi connectivity index (χ1n) is 5.34. The fourth-order valence-electron chi connectivity index (χ4n) is 1.25. The summed E-state index contributed by atoms with van der Waals surface area (Å²) in [5, 5.41) is 5.79. The minimum absolute atomic E-state index is 0.0402. The summed E-state index contributed by atoms with van der Waals surface area (Å²) in [5.74, 6) is -0.983. The summed E-state index contributed by atoms with van der Waals surface area (Å²) in [5.41, 5.74) is 0.0402. The molecule has 0 radical (unpaired) electrons. The molecule has 0 saturated heterocycles. The van der Waals surface area contributed by atoms with Gasteiger partial charge in [-0.25, -0.2) is 4.39 Å². The number of hydrogen-bond donors (Lipinski definition) is 2. The highest BCUT2D eigenvalue weighted by atomic mass is 19.1. The van der Waals surface area contributed by atoms with Gasteiger partial charge in [0.05, 0.1) is 11.8 Å². The van der Waals surface area contributed by atoms with Crippen molar-refractivity contribution in [2.75, 3.05) is 19.6 Å². The van der Waals surface area contributed by atoms with Crippen molar-refractivity contribution in [2.24, 2.45) is 0 Å². The van der Waals surface area contributed by atoms with Crippen molar-refractivity contribution in [3.63, 3.8) is 0 Å². The highest BCUT2D eigenvalue weighted by Gasteiger charge is 2.09. The van der Waals surface area contributed by atoms with Gasteiger partial charge in [0.15, 0.2) is 5.82 Å². The molecule has 0 spiro atoms. The van der Waals surface area contributed by atoms with Crippen LogP contribution < -0.4 is 10.6 Å².